The molecule has 3 aliphatic heterocycles. The molecule has 0 aromatic heterocycles. The van der Waals surface area contributed by atoms with Crippen LogP contribution >= 0.6 is 0 Å². The van der Waals surface area contributed by atoms with E-state index < -0.39 is 29.4 Å². The van der Waals surface area contributed by atoms with Crippen molar-refractivity contribution in [2.75, 3.05) is 20.4 Å². The standard InChI is InChI=1S/C26H28N4O6/c1-26(2)21-20(22(30(26)12-19(31)34-3)15-5-7-16(8-6-15)23(27)28)24(32)29(25(21)33)11-14-4-9-17-18(10-14)36-13-35-17/h4-10,20-22H,11-13H2,1-3H3,(H3,27,28)/t20-,21-,22-/m0/s1. The van der Waals surface area contributed by atoms with E-state index in [0.717, 1.165) is 11.1 Å². The highest BCUT2D eigenvalue weighted by Crippen LogP contribution is 2.55. The first kappa shape index (κ1) is 23.8. The lowest BCUT2D eigenvalue weighted by Crippen LogP contribution is -2.49. The quantitative estimate of drug-likeness (QED) is 0.270. The van der Waals surface area contributed by atoms with Crippen LogP contribution in [0.15, 0.2) is 42.5 Å². The third-order valence-electron chi connectivity index (χ3n) is 7.49. The topological polar surface area (TPSA) is 135 Å². The summed E-state index contributed by atoms with van der Waals surface area (Å²) >= 11 is 0. The molecular weight excluding hydrogens is 464 g/mol. The molecule has 36 heavy (non-hydrogen) atoms. The van der Waals surface area contributed by atoms with Crippen molar-refractivity contribution in [1.29, 1.82) is 5.41 Å². The van der Waals surface area contributed by atoms with Crippen molar-refractivity contribution in [3.8, 4) is 11.5 Å². The average Bonchev–Trinajstić information content (AvgIpc) is 3.48. The Balaban J connectivity index is 1.51. The SMILES string of the molecule is COC(=O)CN1[C@@H](c2ccc(C(=N)N)cc2)[C@H]2C(=O)N(Cc3ccc4c(c3)OCO4)C(=O)[C@H]2C1(C)C. The zero-order valence-electron chi connectivity index (χ0n) is 20.3. The monoisotopic (exact) mass is 492 g/mol. The zero-order chi connectivity index (χ0) is 25.8. The second-order valence-corrected chi connectivity index (χ2v) is 9.79. The maximum atomic E-state index is 13.8. The van der Waals surface area contributed by atoms with Crippen LogP contribution in [0.3, 0.4) is 0 Å². The van der Waals surface area contributed by atoms with Crippen LogP contribution < -0.4 is 15.2 Å². The molecule has 3 heterocycles. The van der Waals surface area contributed by atoms with E-state index in [1.54, 1.807) is 36.4 Å². The molecule has 3 atom stereocenters. The molecule has 0 saturated carbocycles. The summed E-state index contributed by atoms with van der Waals surface area (Å²) in [6, 6.07) is 11.8. The summed E-state index contributed by atoms with van der Waals surface area (Å²) in [5.41, 5.74) is 6.87. The first-order valence-corrected chi connectivity index (χ1v) is 11.6. The van der Waals surface area contributed by atoms with Crippen LogP contribution in [-0.4, -0.2) is 59.4 Å². The van der Waals surface area contributed by atoms with E-state index in [1.807, 2.05) is 24.8 Å². The first-order valence-electron chi connectivity index (χ1n) is 11.6. The van der Waals surface area contributed by atoms with Crippen molar-refractivity contribution < 1.29 is 28.6 Å². The van der Waals surface area contributed by atoms with Crippen molar-refractivity contribution >= 4 is 23.6 Å². The van der Waals surface area contributed by atoms with Crippen LogP contribution in [0.4, 0.5) is 0 Å². The van der Waals surface area contributed by atoms with Gasteiger partial charge in [-0.05, 0) is 37.1 Å². The van der Waals surface area contributed by atoms with Crippen LogP contribution in [0.25, 0.3) is 0 Å². The molecule has 2 fully saturated rings. The highest BCUT2D eigenvalue weighted by Gasteiger charge is 2.65. The fourth-order valence-corrected chi connectivity index (χ4v) is 5.67. The first-order chi connectivity index (χ1) is 17.1. The summed E-state index contributed by atoms with van der Waals surface area (Å²) in [5.74, 6) is -1.21. The number of carbonyl (C=O) groups excluding carboxylic acids is 3. The molecule has 0 aliphatic carbocycles. The van der Waals surface area contributed by atoms with E-state index in [4.69, 9.17) is 25.4 Å². The molecule has 5 rings (SSSR count). The number of methoxy groups -OCH3 is 1. The lowest BCUT2D eigenvalue weighted by atomic mass is 9.81. The minimum absolute atomic E-state index is 0.0698. The number of esters is 1. The second kappa shape index (κ2) is 8.63. The van der Waals surface area contributed by atoms with Gasteiger partial charge in [0.2, 0.25) is 18.6 Å². The van der Waals surface area contributed by atoms with Gasteiger partial charge in [-0.15, -0.1) is 0 Å². The number of carbonyl (C=O) groups is 3. The molecule has 0 spiro atoms. The minimum Gasteiger partial charge on any atom is -0.468 e. The number of amides is 2. The van der Waals surface area contributed by atoms with E-state index in [0.29, 0.717) is 17.1 Å². The highest BCUT2D eigenvalue weighted by atomic mass is 16.7. The van der Waals surface area contributed by atoms with Crippen LogP contribution in [0.2, 0.25) is 0 Å². The lowest BCUT2D eigenvalue weighted by molar-refractivity contribution is -0.148. The number of amidine groups is 1. The fourth-order valence-electron chi connectivity index (χ4n) is 5.67. The third-order valence-corrected chi connectivity index (χ3v) is 7.49. The highest BCUT2D eigenvalue weighted by molar-refractivity contribution is 6.07. The largest absolute Gasteiger partial charge is 0.468 e. The zero-order valence-corrected chi connectivity index (χ0v) is 20.3. The van der Waals surface area contributed by atoms with Gasteiger partial charge in [-0.25, -0.2) is 0 Å². The Bertz CT molecular complexity index is 1260. The van der Waals surface area contributed by atoms with E-state index in [1.165, 1.54) is 12.0 Å². The summed E-state index contributed by atoms with van der Waals surface area (Å²) in [6.07, 6.45) is 0. The number of nitrogens with two attached hydrogens (primary N) is 1. The molecule has 2 aromatic rings. The predicted octanol–water partition coefficient (Wildman–Crippen LogP) is 1.81. The van der Waals surface area contributed by atoms with Crippen molar-refractivity contribution in [3.05, 3.63) is 59.2 Å². The number of fused-ring (bicyclic) bond motifs is 2. The van der Waals surface area contributed by atoms with Crippen LogP contribution in [0.5, 0.6) is 11.5 Å². The third kappa shape index (κ3) is 3.69. The van der Waals surface area contributed by atoms with Crippen molar-refractivity contribution in [2.45, 2.75) is 32.0 Å². The van der Waals surface area contributed by atoms with Gasteiger partial charge in [-0.2, -0.15) is 0 Å². The Morgan fingerprint density at radius 3 is 2.47 bits per heavy atom. The van der Waals surface area contributed by atoms with E-state index >= 15 is 0 Å². The molecule has 188 valence electrons. The van der Waals surface area contributed by atoms with Gasteiger partial charge in [0.15, 0.2) is 11.5 Å². The van der Waals surface area contributed by atoms with Gasteiger partial charge >= 0.3 is 5.97 Å². The smallest absolute Gasteiger partial charge is 0.319 e. The lowest BCUT2D eigenvalue weighted by Gasteiger charge is -2.38. The van der Waals surface area contributed by atoms with Crippen molar-refractivity contribution in [2.24, 2.45) is 17.6 Å². The Kier molecular flexibility index (Phi) is 5.71. The number of likely N-dealkylation sites (tertiary alicyclic amines) is 2. The summed E-state index contributed by atoms with van der Waals surface area (Å²) < 4.78 is 15.7. The summed E-state index contributed by atoms with van der Waals surface area (Å²) in [6.45, 7) is 3.95. The molecule has 2 saturated heterocycles. The molecular formula is C26H28N4O6. The van der Waals surface area contributed by atoms with E-state index in [-0.39, 0.29) is 37.5 Å². The number of rotatable bonds is 6. The van der Waals surface area contributed by atoms with Gasteiger partial charge in [0, 0.05) is 17.1 Å². The van der Waals surface area contributed by atoms with Gasteiger partial charge in [0.05, 0.1) is 32.0 Å². The summed E-state index contributed by atoms with van der Waals surface area (Å²) in [7, 11) is 1.31. The summed E-state index contributed by atoms with van der Waals surface area (Å²) in [5, 5.41) is 7.68. The maximum Gasteiger partial charge on any atom is 0.319 e. The Morgan fingerprint density at radius 1 is 1.11 bits per heavy atom. The minimum atomic E-state index is -0.806. The Hall–Kier alpha value is -3.92. The van der Waals surface area contributed by atoms with Gasteiger partial charge in [0.25, 0.3) is 0 Å². The fraction of sp³-hybridized carbons (Fsp3) is 0.385. The molecule has 10 nitrogen and oxygen atoms in total. The molecule has 2 amide bonds. The molecule has 0 unspecified atom stereocenters. The molecule has 0 radical (unpaired) electrons. The van der Waals surface area contributed by atoms with Crippen molar-refractivity contribution in [3.63, 3.8) is 0 Å². The van der Waals surface area contributed by atoms with Crippen LogP contribution in [-0.2, 0) is 25.7 Å². The maximum absolute atomic E-state index is 13.8. The number of hydrogen-bond donors (Lipinski definition) is 2. The van der Waals surface area contributed by atoms with Crippen molar-refractivity contribution in [1.82, 2.24) is 9.80 Å². The Morgan fingerprint density at radius 2 is 1.81 bits per heavy atom. The van der Waals surface area contributed by atoms with Gasteiger partial charge in [-0.3, -0.25) is 29.6 Å². The van der Waals surface area contributed by atoms with Crippen LogP contribution in [0.1, 0.15) is 36.6 Å². The van der Waals surface area contributed by atoms with Gasteiger partial charge in [0.1, 0.15) is 5.84 Å². The van der Waals surface area contributed by atoms with Gasteiger partial charge < -0.3 is 19.9 Å². The molecule has 10 heteroatoms. The Labute approximate surface area is 208 Å². The number of nitrogen functional groups attached to an aromatic ring is 1. The average molecular weight is 493 g/mol. The van der Waals surface area contributed by atoms with E-state index in [2.05, 4.69) is 0 Å². The number of benzene rings is 2. The normalized spacial score (nSPS) is 24.2. The second-order valence-electron chi connectivity index (χ2n) is 9.79. The van der Waals surface area contributed by atoms with Crippen LogP contribution in [0, 0.1) is 17.2 Å². The predicted molar refractivity (Wildman–Crippen MR) is 128 cm³/mol. The number of imide groups is 1. The summed E-state index contributed by atoms with van der Waals surface area (Å²) in [4.78, 5) is 43.1. The van der Waals surface area contributed by atoms with E-state index in [9.17, 15) is 14.4 Å². The molecule has 3 aliphatic rings. The molecule has 0 bridgehead atoms. The number of hydrogen-bond acceptors (Lipinski definition) is 8. The van der Waals surface area contributed by atoms with Gasteiger partial charge in [-0.1, -0.05) is 30.3 Å². The molecule has 2 aromatic carbocycles. The molecule has 3 N–H and O–H groups in total. The number of nitrogens with one attached hydrogen (secondary N) is 1. The number of ether oxygens (including phenoxy) is 3. The number of nitrogens with zero attached hydrogens (tertiary/aromatic N) is 2.